The molecule has 1 aromatic heterocycles. The largest absolute Gasteiger partial charge is 0.467 e. The van der Waals surface area contributed by atoms with Gasteiger partial charge >= 0.3 is 0 Å². The van der Waals surface area contributed by atoms with Gasteiger partial charge in [-0.2, -0.15) is 0 Å². The van der Waals surface area contributed by atoms with Gasteiger partial charge < -0.3 is 15.1 Å². The molecule has 4 heteroatoms. The van der Waals surface area contributed by atoms with E-state index >= 15 is 0 Å². The zero-order valence-corrected chi connectivity index (χ0v) is 11.5. The summed E-state index contributed by atoms with van der Waals surface area (Å²) in [6, 6.07) is 17.7. The molecule has 106 valence electrons. The predicted octanol–water partition coefficient (Wildman–Crippen LogP) is 3.16. The van der Waals surface area contributed by atoms with E-state index in [-0.39, 0.29) is 12.5 Å². The van der Waals surface area contributed by atoms with E-state index in [0.717, 1.165) is 22.2 Å². The van der Waals surface area contributed by atoms with Crippen molar-refractivity contribution in [2.45, 2.75) is 6.54 Å². The van der Waals surface area contributed by atoms with E-state index in [9.17, 15) is 4.79 Å². The van der Waals surface area contributed by atoms with Crippen LogP contribution in [-0.2, 0) is 11.3 Å². The molecule has 3 rings (SSSR count). The first-order valence-electron chi connectivity index (χ1n) is 6.83. The molecule has 0 bridgehead atoms. The molecule has 0 aliphatic rings. The number of nitrogens with one attached hydrogen (secondary N) is 2. The van der Waals surface area contributed by atoms with Crippen molar-refractivity contribution in [2.24, 2.45) is 0 Å². The minimum atomic E-state index is -0.0701. The Bertz CT molecular complexity index is 730. The Morgan fingerprint density at radius 1 is 1.00 bits per heavy atom. The molecule has 3 aromatic rings. The van der Waals surface area contributed by atoms with E-state index in [1.807, 2.05) is 36.4 Å². The molecule has 0 unspecified atom stereocenters. The molecule has 0 atom stereocenters. The molecular formula is C17H16N2O2. The highest BCUT2D eigenvalue weighted by molar-refractivity contribution is 5.95. The Morgan fingerprint density at radius 3 is 2.71 bits per heavy atom. The van der Waals surface area contributed by atoms with Crippen LogP contribution in [0.5, 0.6) is 0 Å². The Labute approximate surface area is 122 Å². The molecule has 0 aliphatic heterocycles. The Morgan fingerprint density at radius 2 is 1.86 bits per heavy atom. The fourth-order valence-corrected chi connectivity index (χ4v) is 2.22. The SMILES string of the molecule is O=C(CNc1cccc2ccccc12)NCc1ccco1. The van der Waals surface area contributed by atoms with Gasteiger partial charge in [-0.25, -0.2) is 0 Å². The van der Waals surface area contributed by atoms with Crippen LogP contribution in [0.1, 0.15) is 5.76 Å². The molecule has 0 saturated heterocycles. The summed E-state index contributed by atoms with van der Waals surface area (Å²) in [6.07, 6.45) is 1.59. The van der Waals surface area contributed by atoms with Crippen LogP contribution in [-0.4, -0.2) is 12.5 Å². The number of fused-ring (bicyclic) bond motifs is 1. The lowest BCUT2D eigenvalue weighted by Crippen LogP contribution is -2.29. The van der Waals surface area contributed by atoms with Crippen molar-refractivity contribution in [3.8, 4) is 0 Å². The highest BCUT2D eigenvalue weighted by Crippen LogP contribution is 2.22. The van der Waals surface area contributed by atoms with Crippen LogP contribution in [0, 0.1) is 0 Å². The molecular weight excluding hydrogens is 264 g/mol. The van der Waals surface area contributed by atoms with Gasteiger partial charge in [0.05, 0.1) is 19.4 Å². The van der Waals surface area contributed by atoms with Gasteiger partial charge in [-0.05, 0) is 23.6 Å². The molecule has 1 amide bonds. The summed E-state index contributed by atoms with van der Waals surface area (Å²) in [6.45, 7) is 0.637. The Hall–Kier alpha value is -2.75. The molecule has 1 heterocycles. The van der Waals surface area contributed by atoms with Gasteiger partial charge in [-0.1, -0.05) is 36.4 Å². The average Bonchev–Trinajstić information content (AvgIpc) is 3.04. The lowest BCUT2D eigenvalue weighted by Gasteiger charge is -2.09. The van der Waals surface area contributed by atoms with Gasteiger partial charge in [0.15, 0.2) is 0 Å². The first-order valence-corrected chi connectivity index (χ1v) is 6.83. The van der Waals surface area contributed by atoms with E-state index in [1.165, 1.54) is 0 Å². The smallest absolute Gasteiger partial charge is 0.239 e. The highest BCUT2D eigenvalue weighted by Gasteiger charge is 2.04. The van der Waals surface area contributed by atoms with Crippen LogP contribution in [0.4, 0.5) is 5.69 Å². The van der Waals surface area contributed by atoms with E-state index in [1.54, 1.807) is 12.3 Å². The summed E-state index contributed by atoms with van der Waals surface area (Å²) in [5.41, 5.74) is 0.959. The third-order valence-corrected chi connectivity index (χ3v) is 3.27. The minimum Gasteiger partial charge on any atom is -0.467 e. The first-order chi connectivity index (χ1) is 10.3. The van der Waals surface area contributed by atoms with Crippen LogP contribution < -0.4 is 10.6 Å². The molecule has 21 heavy (non-hydrogen) atoms. The fourth-order valence-electron chi connectivity index (χ4n) is 2.22. The number of rotatable bonds is 5. The van der Waals surface area contributed by atoms with Gasteiger partial charge in [0.2, 0.25) is 5.91 Å². The molecule has 0 spiro atoms. The third-order valence-electron chi connectivity index (χ3n) is 3.27. The van der Waals surface area contributed by atoms with Gasteiger partial charge in [-0.15, -0.1) is 0 Å². The number of hydrogen-bond acceptors (Lipinski definition) is 3. The average molecular weight is 280 g/mol. The minimum absolute atomic E-state index is 0.0701. The molecule has 0 radical (unpaired) electrons. The van der Waals surface area contributed by atoms with E-state index in [4.69, 9.17) is 4.42 Å². The summed E-state index contributed by atoms with van der Waals surface area (Å²) in [4.78, 5) is 11.8. The maximum atomic E-state index is 11.8. The number of furan rings is 1. The van der Waals surface area contributed by atoms with Crippen molar-refractivity contribution >= 4 is 22.4 Å². The van der Waals surface area contributed by atoms with Crippen LogP contribution in [0.3, 0.4) is 0 Å². The van der Waals surface area contributed by atoms with Gasteiger partial charge in [-0.3, -0.25) is 4.79 Å². The lowest BCUT2D eigenvalue weighted by atomic mass is 10.1. The number of anilines is 1. The van der Waals surface area contributed by atoms with Crippen molar-refractivity contribution in [3.05, 3.63) is 66.6 Å². The van der Waals surface area contributed by atoms with Crippen molar-refractivity contribution < 1.29 is 9.21 Å². The second-order valence-corrected chi connectivity index (χ2v) is 4.74. The van der Waals surface area contributed by atoms with Crippen molar-refractivity contribution in [1.82, 2.24) is 5.32 Å². The Kier molecular flexibility index (Phi) is 3.87. The molecule has 0 fully saturated rings. The predicted molar refractivity (Wildman–Crippen MR) is 83.0 cm³/mol. The lowest BCUT2D eigenvalue weighted by molar-refractivity contribution is -0.119. The first kappa shape index (κ1) is 13.2. The molecule has 0 aliphatic carbocycles. The van der Waals surface area contributed by atoms with Gasteiger partial charge in [0.1, 0.15) is 5.76 Å². The maximum absolute atomic E-state index is 11.8. The van der Waals surface area contributed by atoms with Crippen LogP contribution in [0.2, 0.25) is 0 Å². The van der Waals surface area contributed by atoms with Crippen molar-refractivity contribution in [3.63, 3.8) is 0 Å². The topological polar surface area (TPSA) is 54.3 Å². The summed E-state index contributed by atoms with van der Waals surface area (Å²) in [7, 11) is 0. The van der Waals surface area contributed by atoms with E-state index in [0.29, 0.717) is 6.54 Å². The highest BCUT2D eigenvalue weighted by atomic mass is 16.3. The van der Waals surface area contributed by atoms with E-state index in [2.05, 4.69) is 22.8 Å². The third kappa shape index (κ3) is 3.23. The summed E-state index contributed by atoms with van der Waals surface area (Å²) in [5, 5.41) is 8.24. The molecule has 2 N–H and O–H groups in total. The molecule has 4 nitrogen and oxygen atoms in total. The van der Waals surface area contributed by atoms with Crippen LogP contribution in [0.15, 0.2) is 65.3 Å². The number of amides is 1. The maximum Gasteiger partial charge on any atom is 0.239 e. The van der Waals surface area contributed by atoms with Gasteiger partial charge in [0, 0.05) is 11.1 Å². The molecule has 0 saturated carbocycles. The van der Waals surface area contributed by atoms with E-state index < -0.39 is 0 Å². The number of hydrogen-bond donors (Lipinski definition) is 2. The zero-order chi connectivity index (χ0) is 14.5. The summed E-state index contributed by atoms with van der Waals surface area (Å²) in [5.74, 6) is 0.674. The van der Waals surface area contributed by atoms with Crippen LogP contribution in [0.25, 0.3) is 10.8 Å². The second-order valence-electron chi connectivity index (χ2n) is 4.74. The summed E-state index contributed by atoms with van der Waals surface area (Å²) >= 11 is 0. The summed E-state index contributed by atoms with van der Waals surface area (Å²) < 4.78 is 5.17. The number of carbonyl (C=O) groups excluding carboxylic acids is 1. The second kappa shape index (κ2) is 6.13. The van der Waals surface area contributed by atoms with Crippen molar-refractivity contribution in [1.29, 1.82) is 0 Å². The fraction of sp³-hybridized carbons (Fsp3) is 0.118. The standard InChI is InChI=1S/C17H16N2O2/c20-17(19-11-14-7-4-10-21-14)12-18-16-9-3-6-13-5-1-2-8-15(13)16/h1-10,18H,11-12H2,(H,19,20). The molecule has 2 aromatic carbocycles. The normalized spacial score (nSPS) is 10.5. The Balaban J connectivity index is 1.60. The van der Waals surface area contributed by atoms with Gasteiger partial charge in [0.25, 0.3) is 0 Å². The zero-order valence-electron chi connectivity index (χ0n) is 11.5. The number of carbonyl (C=O) groups is 1. The van der Waals surface area contributed by atoms with Crippen molar-refractivity contribution in [2.75, 3.05) is 11.9 Å². The monoisotopic (exact) mass is 280 g/mol. The van der Waals surface area contributed by atoms with Crippen LogP contribution >= 0.6 is 0 Å². The quantitative estimate of drug-likeness (QED) is 0.755. The number of benzene rings is 2.